The molecule has 0 aromatic carbocycles. The van der Waals surface area contributed by atoms with Crippen LogP contribution in [-0.4, -0.2) is 148 Å². The molecule has 0 aliphatic carbocycles. The summed E-state index contributed by atoms with van der Waals surface area (Å²) >= 11 is 0. The van der Waals surface area contributed by atoms with Crippen LogP contribution < -0.4 is 0 Å². The Morgan fingerprint density at radius 2 is 0.462 bits per heavy atom. The van der Waals surface area contributed by atoms with Crippen molar-refractivity contribution in [2.24, 2.45) is 0 Å². The first kappa shape index (κ1) is 82.5. The van der Waals surface area contributed by atoms with Gasteiger partial charge in [-0.15, -0.1) is 0 Å². The van der Waals surface area contributed by atoms with Crippen LogP contribution >= 0.6 is 0 Å². The Morgan fingerprint density at radius 3 is 0.641 bits per heavy atom. The van der Waals surface area contributed by atoms with E-state index in [4.69, 9.17) is 54.1 Å². The van der Waals surface area contributed by atoms with Gasteiger partial charge in [-0.1, -0.05) is 20.8 Å². The average molecular weight is 1380 g/mol. The third-order valence-electron chi connectivity index (χ3n) is 10.2. The van der Waals surface area contributed by atoms with E-state index in [1.54, 1.807) is 0 Å². The Labute approximate surface area is 501 Å². The van der Waals surface area contributed by atoms with Crippen LogP contribution in [0.3, 0.4) is 0 Å². The van der Waals surface area contributed by atoms with Gasteiger partial charge in [0.25, 0.3) is 0 Å². The van der Waals surface area contributed by atoms with Crippen molar-refractivity contribution in [3.8, 4) is 0 Å². The molecule has 0 saturated carbocycles. The van der Waals surface area contributed by atoms with Crippen LogP contribution in [0, 0.1) is 0 Å². The minimum absolute atomic E-state index is 0. The molecule has 0 aliphatic rings. The van der Waals surface area contributed by atoms with Gasteiger partial charge >= 0.3 is 41.2 Å². The van der Waals surface area contributed by atoms with E-state index >= 15 is 0 Å². The fraction of sp³-hybridized carbons (Fsp3) is 0.979. The first-order valence-electron chi connectivity index (χ1n) is 29.1. The summed E-state index contributed by atoms with van der Waals surface area (Å²) in [4.78, 5) is 13.1. The van der Waals surface area contributed by atoms with Crippen molar-refractivity contribution in [1.29, 1.82) is 0 Å². The molecule has 0 fully saturated rings. The highest BCUT2D eigenvalue weighted by atomic mass is 28.5. The molecule has 0 bridgehead atoms. The maximum Gasteiger partial charge on any atom is 0.469 e. The first-order chi connectivity index (χ1) is 33.6. The SMILES string of the molecule is C.CCCCC(=O)OCCC[Si](O[Si](C)(C)CC[Si](O[Si](C)(C)C)(O[Si](C)(C)C)O[Si](C)(C)C)(O[Si](C)(C)CC[Si](O[Si](C)(C)C)(O[Si](C)(C)C)O[Si](C)(C)C)O[Si](C)(C)CC[Si](O[Si](C)(C)C)(O[Si](C)(C)C)O[Si](C)(C)C. The van der Waals surface area contributed by atoms with E-state index in [1.165, 1.54) is 0 Å². The lowest BCUT2D eigenvalue weighted by Crippen LogP contribution is -2.64. The number of rotatable bonds is 40. The van der Waals surface area contributed by atoms with Crippen LogP contribution in [0.1, 0.15) is 40.0 Å². The largest absolute Gasteiger partial charge is 0.469 e. The quantitative estimate of drug-likeness (QED) is 0.0327. The molecular formula is C48H130O14Si16. The van der Waals surface area contributed by atoms with Crippen molar-refractivity contribution >= 4 is 141 Å². The molecule has 0 aromatic rings. The summed E-state index contributed by atoms with van der Waals surface area (Å²) in [6, 6.07) is 4.66. The van der Waals surface area contributed by atoms with Gasteiger partial charge in [0.15, 0.2) is 99.8 Å². The van der Waals surface area contributed by atoms with Crippen molar-refractivity contribution in [1.82, 2.24) is 0 Å². The van der Waals surface area contributed by atoms with E-state index in [0.717, 1.165) is 31.0 Å². The molecule has 0 amide bonds. The smallest absolute Gasteiger partial charge is 0.466 e. The van der Waals surface area contributed by atoms with Gasteiger partial charge in [-0.3, -0.25) is 4.79 Å². The topological polar surface area (TPSA) is 137 Å². The van der Waals surface area contributed by atoms with Crippen LogP contribution in [0.15, 0.2) is 0 Å². The minimum Gasteiger partial charge on any atom is -0.466 e. The van der Waals surface area contributed by atoms with Crippen molar-refractivity contribution in [2.45, 2.75) is 298 Å². The predicted octanol–water partition coefficient (Wildman–Crippen LogP) is 17.8. The molecule has 0 radical (unpaired) electrons. The van der Waals surface area contributed by atoms with Gasteiger partial charge in [0, 0.05) is 30.6 Å². The Bertz CT molecular complexity index is 1470. The molecule has 0 saturated heterocycles. The molecule has 14 nitrogen and oxygen atoms in total. The van der Waals surface area contributed by atoms with E-state index in [-0.39, 0.29) is 20.0 Å². The zero-order valence-corrected chi connectivity index (χ0v) is 72.7. The number of hydrogen-bond acceptors (Lipinski definition) is 14. The minimum atomic E-state index is -3.76. The van der Waals surface area contributed by atoms with Crippen LogP contribution in [0.4, 0.5) is 0 Å². The van der Waals surface area contributed by atoms with Crippen molar-refractivity contribution in [3.05, 3.63) is 0 Å². The second-order valence-corrected chi connectivity index (χ2v) is 99.5. The average Bonchev–Trinajstić information content (AvgIpc) is 3.06. The first-order valence-corrected chi connectivity index (χ1v) is 76.9. The van der Waals surface area contributed by atoms with E-state index in [0.29, 0.717) is 37.0 Å². The lowest BCUT2D eigenvalue weighted by molar-refractivity contribution is -0.143. The highest BCUT2D eigenvalue weighted by Gasteiger charge is 2.58. The summed E-state index contributed by atoms with van der Waals surface area (Å²) in [5.41, 5.74) is 0. The number of ether oxygens (including phenoxy) is 1. The van der Waals surface area contributed by atoms with Gasteiger partial charge in [-0.05, 0) is 247 Å². The van der Waals surface area contributed by atoms with Gasteiger partial charge in [-0.25, -0.2) is 0 Å². The van der Waals surface area contributed by atoms with Crippen molar-refractivity contribution in [2.75, 3.05) is 6.61 Å². The Kier molecular flexibility index (Phi) is 32.4. The van der Waals surface area contributed by atoms with Gasteiger partial charge < -0.3 is 54.1 Å². The zero-order chi connectivity index (χ0) is 61.3. The molecule has 78 heavy (non-hydrogen) atoms. The van der Waals surface area contributed by atoms with Crippen molar-refractivity contribution < 1.29 is 58.9 Å². The third-order valence-corrected chi connectivity index (χ3v) is 63.2. The number of unbranched alkanes of at least 4 members (excludes halogenated alkanes) is 1. The van der Waals surface area contributed by atoms with Crippen LogP contribution in [-0.2, 0) is 58.9 Å². The van der Waals surface area contributed by atoms with Crippen LogP contribution in [0.2, 0.25) is 258 Å². The van der Waals surface area contributed by atoms with Gasteiger partial charge in [0.05, 0.1) is 6.61 Å². The van der Waals surface area contributed by atoms with E-state index in [9.17, 15) is 4.79 Å². The molecule has 470 valence electrons. The molecule has 0 aliphatic heterocycles. The van der Waals surface area contributed by atoms with Crippen LogP contribution in [0.5, 0.6) is 0 Å². The number of carbonyl (C=O) groups is 1. The van der Waals surface area contributed by atoms with Gasteiger partial charge in [0.2, 0.25) is 0 Å². The fourth-order valence-corrected chi connectivity index (χ4v) is 76.5. The van der Waals surface area contributed by atoms with Crippen LogP contribution in [0.25, 0.3) is 0 Å². The summed E-state index contributed by atoms with van der Waals surface area (Å²) < 4.78 is 95.5. The van der Waals surface area contributed by atoms with E-state index in [2.05, 4.69) is 223 Å². The maximum atomic E-state index is 13.1. The Balaban J connectivity index is 0. The number of esters is 1. The number of carbonyl (C=O) groups excluding carboxylic acids is 1. The number of hydrogen-bond donors (Lipinski definition) is 0. The summed E-state index contributed by atoms with van der Waals surface area (Å²) in [6.07, 6.45) is 2.67. The fourth-order valence-electron chi connectivity index (χ4n) is 8.71. The summed E-state index contributed by atoms with van der Waals surface area (Å²) in [5, 5.41) is 0. The van der Waals surface area contributed by atoms with Gasteiger partial charge in [0.1, 0.15) is 0 Å². The molecular weight excluding hydrogens is 1250 g/mol. The molecule has 0 heterocycles. The molecule has 30 heteroatoms. The lowest BCUT2D eigenvalue weighted by Gasteiger charge is -2.48. The van der Waals surface area contributed by atoms with E-state index in [1.807, 2.05) is 0 Å². The highest BCUT2D eigenvalue weighted by Crippen LogP contribution is 2.41. The standard InChI is InChI=1S/C47H126O14Si16.CH4/c1-35-36-38-47(48)49-39-37-40-74(59-71(29,30)41-44-75(50-62(2,3)4,51-63(5,6)7)52-64(8,9)10,60-72(31,32)42-45-76(53-65(11,12)13,54-66(14,15)16)55-67(17,18)19)61-73(33,34)43-46-77(56-68(20,21)22,57-69(23,24)25)58-70(26,27)28;/h35-46H2,1-34H3;1H4. The lowest BCUT2D eigenvalue weighted by atomic mass is 10.2. The zero-order valence-electron chi connectivity index (χ0n) is 56.7. The molecule has 0 N–H and O–H groups in total. The van der Waals surface area contributed by atoms with Gasteiger partial charge in [-0.2, -0.15) is 0 Å². The third kappa shape index (κ3) is 40.8. The Morgan fingerprint density at radius 1 is 0.269 bits per heavy atom. The molecule has 0 rings (SSSR count). The molecule has 0 aromatic heterocycles. The summed E-state index contributed by atoms with van der Waals surface area (Å²) in [7, 11) is -41.3. The normalized spacial score (nSPS) is 15.2. The Hall–Kier alpha value is 2.46. The molecule has 0 atom stereocenters. The predicted molar refractivity (Wildman–Crippen MR) is 374 cm³/mol. The monoisotopic (exact) mass is 1380 g/mol. The molecule has 0 unspecified atom stereocenters. The highest BCUT2D eigenvalue weighted by molar-refractivity contribution is 6.95. The van der Waals surface area contributed by atoms with Crippen molar-refractivity contribution in [3.63, 3.8) is 0 Å². The maximum absolute atomic E-state index is 13.1. The summed E-state index contributed by atoms with van der Waals surface area (Å²) in [6.45, 7) is 76.9. The summed E-state index contributed by atoms with van der Waals surface area (Å²) in [5.74, 6) is -0.170. The van der Waals surface area contributed by atoms with E-state index < -0.39 is 135 Å². The molecule has 0 spiro atoms. The second-order valence-electron chi connectivity index (χ2n) is 32.2. The second kappa shape index (κ2) is 30.6.